The molecule has 4 heteroatoms. The highest BCUT2D eigenvalue weighted by Crippen LogP contribution is 2.47. The van der Waals surface area contributed by atoms with E-state index in [-0.39, 0.29) is 5.41 Å². The summed E-state index contributed by atoms with van der Waals surface area (Å²) < 4.78 is 6.24. The van der Waals surface area contributed by atoms with Crippen LogP contribution in [0.2, 0.25) is 0 Å². The summed E-state index contributed by atoms with van der Waals surface area (Å²) in [7, 11) is 10.2. The molecule has 2 unspecified atom stereocenters. The van der Waals surface area contributed by atoms with Crippen LogP contribution in [0.25, 0.3) is 0 Å². The summed E-state index contributed by atoms with van der Waals surface area (Å²) in [5.41, 5.74) is 2.02. The topological polar surface area (TPSA) is 32.7 Å². The van der Waals surface area contributed by atoms with Gasteiger partial charge in [0.15, 0.2) is 0 Å². The molecule has 0 aliphatic carbocycles. The van der Waals surface area contributed by atoms with Crippen molar-refractivity contribution in [3.63, 3.8) is 0 Å². The number of quaternary nitrogens is 1. The fraction of sp³-hybridized carbons (Fsp3) is 0.625. The largest absolute Gasteiger partial charge is 0.497 e. The van der Waals surface area contributed by atoms with Gasteiger partial charge in [-0.1, -0.05) is 6.92 Å². The highest BCUT2D eigenvalue weighted by molar-refractivity contribution is 5.64. The van der Waals surface area contributed by atoms with E-state index >= 15 is 0 Å². The summed E-state index contributed by atoms with van der Waals surface area (Å²) in [5, 5.41) is 10.7. The van der Waals surface area contributed by atoms with Crippen molar-refractivity contribution in [2.24, 2.45) is 0 Å². The van der Waals surface area contributed by atoms with Crippen LogP contribution >= 0.6 is 0 Å². The quantitative estimate of drug-likeness (QED) is 0.853. The molecule has 0 radical (unpaired) electrons. The van der Waals surface area contributed by atoms with Crippen molar-refractivity contribution in [3.05, 3.63) is 23.8 Å². The van der Waals surface area contributed by atoms with Gasteiger partial charge in [0.1, 0.15) is 12.0 Å². The lowest BCUT2D eigenvalue weighted by atomic mass is 9.79. The first kappa shape index (κ1) is 15.1. The van der Waals surface area contributed by atoms with E-state index in [2.05, 4.69) is 34.1 Å². The maximum absolute atomic E-state index is 10.7. The molecule has 0 amide bonds. The van der Waals surface area contributed by atoms with Crippen LogP contribution in [0.4, 0.5) is 5.69 Å². The maximum atomic E-state index is 10.7. The zero-order valence-electron chi connectivity index (χ0n) is 13.5. The minimum Gasteiger partial charge on any atom is -0.497 e. The van der Waals surface area contributed by atoms with Crippen LogP contribution in [0.15, 0.2) is 18.2 Å². The van der Waals surface area contributed by atoms with Crippen LogP contribution in [0.3, 0.4) is 0 Å². The van der Waals surface area contributed by atoms with Gasteiger partial charge in [0, 0.05) is 24.6 Å². The SMILES string of the molecule is COc1ccc2c(c1)C(C)(CC[N+](C)(C)C)C(O)N2C. The van der Waals surface area contributed by atoms with Crippen LogP contribution < -0.4 is 9.64 Å². The van der Waals surface area contributed by atoms with Crippen molar-refractivity contribution in [2.45, 2.75) is 25.0 Å². The van der Waals surface area contributed by atoms with Crippen molar-refractivity contribution in [3.8, 4) is 5.75 Å². The monoisotopic (exact) mass is 279 g/mol. The lowest BCUT2D eigenvalue weighted by Crippen LogP contribution is -2.45. The minimum atomic E-state index is -0.490. The Balaban J connectivity index is 2.39. The molecule has 20 heavy (non-hydrogen) atoms. The Kier molecular flexibility index (Phi) is 3.73. The molecule has 1 aliphatic heterocycles. The van der Waals surface area contributed by atoms with Gasteiger partial charge in [-0.15, -0.1) is 0 Å². The summed E-state index contributed by atoms with van der Waals surface area (Å²) in [6, 6.07) is 6.06. The van der Waals surface area contributed by atoms with Crippen molar-refractivity contribution >= 4 is 5.69 Å². The first-order valence-corrected chi connectivity index (χ1v) is 7.09. The fourth-order valence-electron chi connectivity index (χ4n) is 2.94. The minimum absolute atomic E-state index is 0.260. The molecule has 2 atom stereocenters. The molecule has 1 heterocycles. The number of hydrogen-bond acceptors (Lipinski definition) is 3. The molecule has 2 rings (SSSR count). The van der Waals surface area contributed by atoms with Crippen molar-refractivity contribution in [1.29, 1.82) is 0 Å². The van der Waals surface area contributed by atoms with E-state index < -0.39 is 6.23 Å². The molecule has 4 nitrogen and oxygen atoms in total. The lowest BCUT2D eigenvalue weighted by molar-refractivity contribution is -0.871. The fourth-order valence-corrected chi connectivity index (χ4v) is 2.94. The summed E-state index contributed by atoms with van der Waals surface area (Å²) in [5.74, 6) is 0.850. The van der Waals surface area contributed by atoms with Crippen molar-refractivity contribution in [2.75, 3.05) is 46.7 Å². The smallest absolute Gasteiger partial charge is 0.136 e. The molecule has 0 saturated heterocycles. The molecular formula is C16H27N2O2+. The number of aliphatic hydroxyl groups excluding tert-OH is 1. The van der Waals surface area contributed by atoms with E-state index in [4.69, 9.17) is 4.74 Å². The van der Waals surface area contributed by atoms with Gasteiger partial charge >= 0.3 is 0 Å². The molecule has 1 aromatic rings. The second-order valence-corrected chi connectivity index (χ2v) is 7.05. The predicted molar refractivity (Wildman–Crippen MR) is 82.3 cm³/mol. The first-order valence-electron chi connectivity index (χ1n) is 7.09. The highest BCUT2D eigenvalue weighted by atomic mass is 16.5. The van der Waals surface area contributed by atoms with Gasteiger partial charge in [0.2, 0.25) is 0 Å². The number of nitrogens with zero attached hydrogens (tertiary/aromatic N) is 2. The van der Waals surface area contributed by atoms with Crippen LogP contribution in [0, 0.1) is 0 Å². The average molecular weight is 279 g/mol. The van der Waals surface area contributed by atoms with Gasteiger partial charge in [0.05, 0.1) is 34.8 Å². The maximum Gasteiger partial charge on any atom is 0.136 e. The molecule has 0 fully saturated rings. The van der Waals surface area contributed by atoms with E-state index in [1.54, 1.807) is 7.11 Å². The summed E-state index contributed by atoms with van der Waals surface area (Å²) in [4.78, 5) is 1.96. The highest BCUT2D eigenvalue weighted by Gasteiger charge is 2.46. The van der Waals surface area contributed by atoms with Gasteiger partial charge < -0.3 is 19.2 Å². The number of methoxy groups -OCH3 is 1. The summed E-state index contributed by atoms with van der Waals surface area (Å²) in [6.45, 7) is 3.16. The number of ether oxygens (including phenoxy) is 1. The van der Waals surface area contributed by atoms with E-state index in [0.717, 1.165) is 28.9 Å². The Labute approximate surface area is 122 Å². The number of benzene rings is 1. The Morgan fingerprint density at radius 3 is 2.55 bits per heavy atom. The molecule has 0 bridgehead atoms. The Hall–Kier alpha value is -1.26. The average Bonchev–Trinajstić information content (AvgIpc) is 2.58. The number of fused-ring (bicyclic) bond motifs is 1. The number of anilines is 1. The Morgan fingerprint density at radius 2 is 2.00 bits per heavy atom. The lowest BCUT2D eigenvalue weighted by Gasteiger charge is -2.34. The molecule has 1 aromatic carbocycles. The van der Waals surface area contributed by atoms with Gasteiger partial charge in [-0.3, -0.25) is 0 Å². The third-order valence-corrected chi connectivity index (χ3v) is 4.44. The van der Waals surface area contributed by atoms with Crippen LogP contribution in [-0.4, -0.2) is 57.7 Å². The third-order valence-electron chi connectivity index (χ3n) is 4.44. The second-order valence-electron chi connectivity index (χ2n) is 7.05. The van der Waals surface area contributed by atoms with Gasteiger partial charge in [0.25, 0.3) is 0 Å². The summed E-state index contributed by atoms with van der Waals surface area (Å²) >= 11 is 0. The predicted octanol–water partition coefficient (Wildman–Crippen LogP) is 1.82. The van der Waals surface area contributed by atoms with E-state index in [1.807, 2.05) is 24.1 Å². The normalized spacial score (nSPS) is 25.8. The molecule has 0 spiro atoms. The van der Waals surface area contributed by atoms with Gasteiger partial charge in [-0.25, -0.2) is 0 Å². The zero-order chi connectivity index (χ0) is 15.1. The number of hydrogen-bond donors (Lipinski definition) is 1. The molecule has 0 aromatic heterocycles. The van der Waals surface area contributed by atoms with E-state index in [1.165, 1.54) is 5.56 Å². The molecule has 112 valence electrons. The molecule has 0 saturated carbocycles. The molecule has 1 N–H and O–H groups in total. The third kappa shape index (κ3) is 2.50. The van der Waals surface area contributed by atoms with Gasteiger partial charge in [-0.05, 0) is 23.8 Å². The second kappa shape index (κ2) is 4.93. The Morgan fingerprint density at radius 1 is 1.35 bits per heavy atom. The summed E-state index contributed by atoms with van der Waals surface area (Å²) in [6.07, 6.45) is 0.443. The zero-order valence-corrected chi connectivity index (χ0v) is 13.5. The van der Waals surface area contributed by atoms with Crippen LogP contribution in [0.1, 0.15) is 18.9 Å². The number of rotatable bonds is 4. The van der Waals surface area contributed by atoms with Crippen molar-refractivity contribution < 1.29 is 14.3 Å². The number of likely N-dealkylation sites (N-methyl/N-ethyl adjacent to an activating group) is 1. The van der Waals surface area contributed by atoms with Crippen LogP contribution in [0.5, 0.6) is 5.75 Å². The molecular weight excluding hydrogens is 252 g/mol. The van der Waals surface area contributed by atoms with E-state index in [0.29, 0.717) is 0 Å². The molecule has 1 aliphatic rings. The van der Waals surface area contributed by atoms with Crippen molar-refractivity contribution in [1.82, 2.24) is 0 Å². The standard InChI is InChI=1S/C16H27N2O2/c1-16(9-10-18(3,4)5)13-11-12(20-6)7-8-14(13)17(2)15(16)19/h7-8,11,15,19H,9-10H2,1-6H3/q+1. The Bertz CT molecular complexity index is 496. The van der Waals surface area contributed by atoms with Gasteiger partial charge in [-0.2, -0.15) is 0 Å². The number of aliphatic hydroxyl groups is 1. The van der Waals surface area contributed by atoms with E-state index in [9.17, 15) is 5.11 Å². The van der Waals surface area contributed by atoms with Crippen LogP contribution in [-0.2, 0) is 5.41 Å². The first-order chi connectivity index (χ1) is 9.19.